The summed E-state index contributed by atoms with van der Waals surface area (Å²) in [5, 5.41) is 9.65. The summed E-state index contributed by atoms with van der Waals surface area (Å²) in [6.07, 6.45) is 23.4. The summed E-state index contributed by atoms with van der Waals surface area (Å²) in [6.45, 7) is 8.75. The second kappa shape index (κ2) is 31.8. The summed E-state index contributed by atoms with van der Waals surface area (Å²) in [7, 11) is 0. The van der Waals surface area contributed by atoms with Crippen molar-refractivity contribution < 1.29 is 29.0 Å². The van der Waals surface area contributed by atoms with Crippen molar-refractivity contribution in [2.75, 3.05) is 13.2 Å². The molecule has 0 unspecified atom stereocenters. The Labute approximate surface area is 235 Å². The SMILES string of the molecule is CCCCCCCCCCCC(=O)CC(=O)OCC.CCCCCCCCCCC[C@@H](O)CC(=O)OCC. The maximum atomic E-state index is 11.4. The van der Waals surface area contributed by atoms with Crippen molar-refractivity contribution in [3.05, 3.63) is 0 Å². The molecule has 0 spiro atoms. The number of ketones is 1. The summed E-state index contributed by atoms with van der Waals surface area (Å²) in [5.41, 5.74) is 0. The first kappa shape index (κ1) is 38.7. The Morgan fingerprint density at radius 2 is 0.947 bits per heavy atom. The molecule has 0 aromatic carbocycles. The van der Waals surface area contributed by atoms with Crippen LogP contribution in [0.5, 0.6) is 0 Å². The first-order valence-electron chi connectivity index (χ1n) is 15.9. The molecule has 0 bridgehead atoms. The molecule has 38 heavy (non-hydrogen) atoms. The Hall–Kier alpha value is -1.43. The summed E-state index contributed by atoms with van der Waals surface area (Å²) in [4.78, 5) is 33.6. The van der Waals surface area contributed by atoms with Crippen molar-refractivity contribution >= 4 is 17.7 Å². The molecule has 0 aromatic rings. The molecule has 1 N–H and O–H groups in total. The quantitative estimate of drug-likeness (QED) is 0.0668. The van der Waals surface area contributed by atoms with E-state index in [-0.39, 0.29) is 30.6 Å². The number of hydrogen-bond acceptors (Lipinski definition) is 6. The Morgan fingerprint density at radius 1 is 0.553 bits per heavy atom. The van der Waals surface area contributed by atoms with Gasteiger partial charge in [0.25, 0.3) is 0 Å². The molecular weight excluding hydrogens is 480 g/mol. The minimum atomic E-state index is -0.524. The highest BCUT2D eigenvalue weighted by Gasteiger charge is 2.11. The van der Waals surface area contributed by atoms with Crippen molar-refractivity contribution in [1.29, 1.82) is 0 Å². The third-order valence-corrected chi connectivity index (χ3v) is 6.55. The number of ether oxygens (including phenoxy) is 2. The zero-order chi connectivity index (χ0) is 28.7. The fourth-order valence-electron chi connectivity index (χ4n) is 4.30. The van der Waals surface area contributed by atoms with Crippen LogP contribution in [0, 0.1) is 0 Å². The molecule has 0 fully saturated rings. The molecule has 0 rings (SSSR count). The molecule has 0 amide bonds. The summed E-state index contributed by atoms with van der Waals surface area (Å²) in [5.74, 6) is -0.657. The molecule has 6 nitrogen and oxygen atoms in total. The molecule has 0 saturated heterocycles. The normalized spacial score (nSPS) is 11.4. The lowest BCUT2D eigenvalue weighted by Crippen LogP contribution is -2.15. The van der Waals surface area contributed by atoms with Gasteiger partial charge >= 0.3 is 11.9 Å². The predicted octanol–water partition coefficient (Wildman–Crippen LogP) is 8.65. The van der Waals surface area contributed by atoms with Crippen molar-refractivity contribution in [1.82, 2.24) is 0 Å². The minimum Gasteiger partial charge on any atom is -0.466 e. The maximum Gasteiger partial charge on any atom is 0.313 e. The minimum absolute atomic E-state index is 0.0152. The Kier molecular flexibility index (Phi) is 32.4. The average molecular weight is 543 g/mol. The van der Waals surface area contributed by atoms with Crippen molar-refractivity contribution in [2.24, 2.45) is 0 Å². The number of aliphatic hydroxyl groups is 1. The topological polar surface area (TPSA) is 89.9 Å². The molecule has 0 heterocycles. The lowest BCUT2D eigenvalue weighted by Gasteiger charge is -2.09. The van der Waals surface area contributed by atoms with Gasteiger partial charge in [-0.05, 0) is 26.7 Å². The summed E-state index contributed by atoms with van der Waals surface area (Å²) in [6, 6.07) is 0. The molecule has 0 aliphatic heterocycles. The molecule has 0 aliphatic carbocycles. The van der Waals surface area contributed by atoms with Gasteiger partial charge in [0, 0.05) is 6.42 Å². The molecule has 6 heteroatoms. The number of aliphatic hydroxyl groups excluding tert-OH is 1. The van der Waals surface area contributed by atoms with Crippen molar-refractivity contribution in [3.63, 3.8) is 0 Å². The van der Waals surface area contributed by atoms with Gasteiger partial charge < -0.3 is 14.6 Å². The number of hydrogen-bond donors (Lipinski definition) is 1. The van der Waals surface area contributed by atoms with E-state index in [9.17, 15) is 19.5 Å². The fourth-order valence-corrected chi connectivity index (χ4v) is 4.30. The van der Waals surface area contributed by atoms with Gasteiger partial charge in [0.15, 0.2) is 0 Å². The van der Waals surface area contributed by atoms with Gasteiger partial charge in [-0.25, -0.2) is 0 Å². The van der Waals surface area contributed by atoms with Crippen LogP contribution in [0.25, 0.3) is 0 Å². The zero-order valence-corrected chi connectivity index (χ0v) is 25.5. The zero-order valence-electron chi connectivity index (χ0n) is 25.5. The standard InChI is InChI=1S/C16H32O3.C16H30O3/c2*1-3-5-6-7-8-9-10-11-12-13-15(17)14-16(18)19-4-2/h15,17H,3-14H2,1-2H3;3-14H2,1-2H3/t15-;/m1./s1. The van der Waals surface area contributed by atoms with Gasteiger partial charge in [-0.3, -0.25) is 14.4 Å². The number of unbranched alkanes of at least 4 members (excludes halogenated alkanes) is 16. The van der Waals surface area contributed by atoms with E-state index in [1.165, 1.54) is 89.9 Å². The number of carbonyl (C=O) groups excluding carboxylic acids is 3. The lowest BCUT2D eigenvalue weighted by molar-refractivity contribution is -0.146. The highest BCUT2D eigenvalue weighted by molar-refractivity contribution is 5.95. The average Bonchev–Trinajstić information content (AvgIpc) is 2.87. The fraction of sp³-hybridized carbons (Fsp3) is 0.906. The second-order valence-electron chi connectivity index (χ2n) is 10.4. The van der Waals surface area contributed by atoms with Crippen LogP contribution < -0.4 is 0 Å². The Bertz CT molecular complexity index is 534. The van der Waals surface area contributed by atoms with Crippen LogP contribution in [0.4, 0.5) is 0 Å². The lowest BCUT2D eigenvalue weighted by atomic mass is 10.0. The molecule has 226 valence electrons. The predicted molar refractivity (Wildman–Crippen MR) is 157 cm³/mol. The molecule has 0 saturated carbocycles. The van der Waals surface area contributed by atoms with Crippen LogP contribution in [0.2, 0.25) is 0 Å². The van der Waals surface area contributed by atoms with E-state index >= 15 is 0 Å². The largest absolute Gasteiger partial charge is 0.466 e. The first-order valence-corrected chi connectivity index (χ1v) is 15.9. The van der Waals surface area contributed by atoms with Gasteiger partial charge in [-0.2, -0.15) is 0 Å². The third-order valence-electron chi connectivity index (χ3n) is 6.55. The van der Waals surface area contributed by atoms with Gasteiger partial charge in [0.1, 0.15) is 12.2 Å². The van der Waals surface area contributed by atoms with Crippen molar-refractivity contribution in [2.45, 2.75) is 175 Å². The van der Waals surface area contributed by atoms with E-state index in [4.69, 9.17) is 9.47 Å². The molecule has 0 radical (unpaired) electrons. The van der Waals surface area contributed by atoms with E-state index in [2.05, 4.69) is 13.8 Å². The monoisotopic (exact) mass is 542 g/mol. The van der Waals surface area contributed by atoms with Crippen LogP contribution in [-0.2, 0) is 23.9 Å². The van der Waals surface area contributed by atoms with Crippen LogP contribution >= 0.6 is 0 Å². The Balaban J connectivity index is 0. The highest BCUT2D eigenvalue weighted by Crippen LogP contribution is 2.13. The van der Waals surface area contributed by atoms with Gasteiger partial charge in [-0.15, -0.1) is 0 Å². The van der Waals surface area contributed by atoms with E-state index in [1.54, 1.807) is 13.8 Å². The highest BCUT2D eigenvalue weighted by atomic mass is 16.5. The molecular formula is C32H62O6. The van der Waals surface area contributed by atoms with Crippen LogP contribution in [0.15, 0.2) is 0 Å². The van der Waals surface area contributed by atoms with Crippen LogP contribution in [0.1, 0.15) is 169 Å². The third kappa shape index (κ3) is 32.6. The van der Waals surface area contributed by atoms with E-state index < -0.39 is 6.10 Å². The summed E-state index contributed by atoms with van der Waals surface area (Å²) >= 11 is 0. The van der Waals surface area contributed by atoms with Gasteiger partial charge in [0.05, 0.1) is 25.7 Å². The maximum absolute atomic E-state index is 11.4. The van der Waals surface area contributed by atoms with Crippen molar-refractivity contribution in [3.8, 4) is 0 Å². The molecule has 0 aliphatic rings. The Morgan fingerprint density at radius 3 is 1.39 bits per heavy atom. The van der Waals surface area contributed by atoms with E-state index in [1.807, 2.05) is 0 Å². The molecule has 1 atom stereocenters. The van der Waals surface area contributed by atoms with Gasteiger partial charge in [-0.1, -0.05) is 123 Å². The van der Waals surface area contributed by atoms with E-state index in [0.29, 0.717) is 26.1 Å². The number of carbonyl (C=O) groups is 3. The molecule has 0 aromatic heterocycles. The van der Waals surface area contributed by atoms with E-state index in [0.717, 1.165) is 25.7 Å². The summed E-state index contributed by atoms with van der Waals surface area (Å²) < 4.78 is 9.55. The number of Topliss-reactive ketones (excluding diaryl/α,β-unsaturated/α-hetero) is 1. The smallest absolute Gasteiger partial charge is 0.313 e. The van der Waals surface area contributed by atoms with Crippen LogP contribution in [0.3, 0.4) is 0 Å². The first-order chi connectivity index (χ1) is 18.4. The number of esters is 2. The number of rotatable bonds is 26. The van der Waals surface area contributed by atoms with Crippen LogP contribution in [-0.4, -0.2) is 42.1 Å². The second-order valence-corrected chi connectivity index (χ2v) is 10.4. The van der Waals surface area contributed by atoms with Gasteiger partial charge in [0.2, 0.25) is 0 Å².